The Hall–Kier alpha value is -4.34. The summed E-state index contributed by atoms with van der Waals surface area (Å²) in [5, 5.41) is 7.56. The average Bonchev–Trinajstić information content (AvgIpc) is 3.50. The minimum atomic E-state index is -0.671. The van der Waals surface area contributed by atoms with Crippen molar-refractivity contribution in [2.45, 2.75) is 58.7 Å². The zero-order valence-electron chi connectivity index (χ0n) is 22.7. The number of hydrogen-bond acceptors (Lipinski definition) is 7. The molecule has 39 heavy (non-hydrogen) atoms. The van der Waals surface area contributed by atoms with Gasteiger partial charge >= 0.3 is 5.97 Å². The number of esters is 1. The third-order valence-electron chi connectivity index (χ3n) is 6.81. The first kappa shape index (κ1) is 27.7. The normalized spacial score (nSPS) is 17.0. The molecular formula is C29H35N5O5. The summed E-state index contributed by atoms with van der Waals surface area (Å²) in [6, 6.07) is 14.2. The summed E-state index contributed by atoms with van der Waals surface area (Å²) >= 11 is 0. The Morgan fingerprint density at radius 1 is 1.08 bits per heavy atom. The van der Waals surface area contributed by atoms with Crippen LogP contribution in [-0.2, 0) is 16.1 Å². The molecule has 1 aliphatic rings. The molecule has 1 aliphatic carbocycles. The number of nitrogens with one attached hydrogen (secondary N) is 1. The maximum Gasteiger partial charge on any atom is 0.311 e. The van der Waals surface area contributed by atoms with Gasteiger partial charge < -0.3 is 26.3 Å². The molecule has 0 saturated heterocycles. The number of nitrogens with two attached hydrogens (primary N) is 2. The van der Waals surface area contributed by atoms with Crippen molar-refractivity contribution in [1.29, 1.82) is 0 Å². The highest BCUT2D eigenvalue weighted by molar-refractivity contribution is 6.03. The summed E-state index contributed by atoms with van der Waals surface area (Å²) in [6.45, 7) is 5.75. The minimum Gasteiger partial charge on any atom is -0.496 e. The van der Waals surface area contributed by atoms with Crippen LogP contribution in [0.4, 0.5) is 5.82 Å². The fraction of sp³-hybridized carbons (Fsp3) is 0.379. The van der Waals surface area contributed by atoms with Gasteiger partial charge in [0, 0.05) is 18.5 Å². The van der Waals surface area contributed by atoms with E-state index >= 15 is 0 Å². The molecule has 2 atom stereocenters. The summed E-state index contributed by atoms with van der Waals surface area (Å²) in [6.07, 6.45) is 1.70. The summed E-state index contributed by atoms with van der Waals surface area (Å²) < 4.78 is 12.6. The van der Waals surface area contributed by atoms with Gasteiger partial charge in [0.25, 0.3) is 11.8 Å². The third kappa shape index (κ3) is 6.05. The van der Waals surface area contributed by atoms with Crippen LogP contribution in [-0.4, -0.2) is 40.8 Å². The van der Waals surface area contributed by atoms with E-state index < -0.39 is 11.3 Å². The van der Waals surface area contributed by atoms with Gasteiger partial charge in [-0.15, -0.1) is 0 Å². The molecule has 1 heterocycles. The first-order valence-corrected chi connectivity index (χ1v) is 12.9. The number of nitrogens with zero attached hydrogens (tertiary/aromatic N) is 2. The van der Waals surface area contributed by atoms with E-state index in [4.69, 9.17) is 20.9 Å². The highest BCUT2D eigenvalue weighted by Gasteiger charge is 2.35. The summed E-state index contributed by atoms with van der Waals surface area (Å²) in [5.41, 5.74) is 14.0. The lowest BCUT2D eigenvalue weighted by atomic mass is 9.97. The molecule has 10 nitrogen and oxygen atoms in total. The highest BCUT2D eigenvalue weighted by Crippen LogP contribution is 2.37. The molecule has 1 saturated carbocycles. The largest absolute Gasteiger partial charge is 0.496 e. The second-order valence-corrected chi connectivity index (χ2v) is 10.7. The monoisotopic (exact) mass is 533 g/mol. The Labute approximate surface area is 227 Å². The molecule has 3 aromatic rings. The van der Waals surface area contributed by atoms with Crippen molar-refractivity contribution in [2.24, 2.45) is 11.1 Å². The van der Waals surface area contributed by atoms with Gasteiger partial charge in [0.2, 0.25) is 0 Å². The van der Waals surface area contributed by atoms with Crippen molar-refractivity contribution in [1.82, 2.24) is 15.1 Å². The molecule has 2 unspecified atom stereocenters. The molecule has 0 aliphatic heterocycles. The molecule has 10 heteroatoms. The molecule has 2 amide bonds. The van der Waals surface area contributed by atoms with E-state index in [9.17, 15) is 14.4 Å². The van der Waals surface area contributed by atoms with Crippen LogP contribution in [0.5, 0.6) is 5.75 Å². The topological polar surface area (TPSA) is 152 Å². The molecule has 5 N–H and O–H groups in total. The zero-order chi connectivity index (χ0) is 28.3. The Kier molecular flexibility index (Phi) is 7.94. The Bertz CT molecular complexity index is 1370. The summed E-state index contributed by atoms with van der Waals surface area (Å²) in [7, 11) is 1.52. The number of hydrogen-bond donors (Lipinski definition) is 3. The van der Waals surface area contributed by atoms with Crippen LogP contribution >= 0.6 is 0 Å². The van der Waals surface area contributed by atoms with E-state index in [2.05, 4.69) is 10.4 Å². The first-order chi connectivity index (χ1) is 18.5. The van der Waals surface area contributed by atoms with E-state index in [-0.39, 0.29) is 35.4 Å². The summed E-state index contributed by atoms with van der Waals surface area (Å²) in [5.74, 6) is -0.478. The van der Waals surface area contributed by atoms with E-state index in [0.717, 1.165) is 5.56 Å². The van der Waals surface area contributed by atoms with Crippen LogP contribution in [0, 0.1) is 5.41 Å². The number of methoxy groups -OCH3 is 1. The van der Waals surface area contributed by atoms with Crippen LogP contribution in [0.2, 0.25) is 0 Å². The van der Waals surface area contributed by atoms with Gasteiger partial charge in [-0.3, -0.25) is 14.4 Å². The van der Waals surface area contributed by atoms with Crippen LogP contribution in [0.3, 0.4) is 0 Å². The van der Waals surface area contributed by atoms with Crippen LogP contribution in [0.15, 0.2) is 48.5 Å². The number of carbonyl (C=O) groups is 3. The molecule has 2 aromatic carbocycles. The molecule has 0 bridgehead atoms. The highest BCUT2D eigenvalue weighted by atomic mass is 16.5. The average molecular weight is 534 g/mol. The number of amides is 2. The van der Waals surface area contributed by atoms with Gasteiger partial charge in [-0.1, -0.05) is 36.4 Å². The first-order valence-electron chi connectivity index (χ1n) is 12.9. The number of para-hydroxylation sites is 1. The molecule has 4 rings (SSSR count). The van der Waals surface area contributed by atoms with Gasteiger partial charge in [0.05, 0.1) is 24.1 Å². The fourth-order valence-corrected chi connectivity index (χ4v) is 4.64. The maximum atomic E-state index is 12.6. The minimum absolute atomic E-state index is 0.126. The van der Waals surface area contributed by atoms with Gasteiger partial charge in [0.15, 0.2) is 0 Å². The standard InChI is InChI=1S/C29H35N5O5/c1-29(2,3)28(37)39-20-14-13-19(15-20)34-25(30)23(26(31)35)24(33-34)18-11-9-17(10-12-18)16-32-27(36)21-7-5-6-8-22(21)38-4/h5-12,19-20H,13-16,30H2,1-4H3,(H2,31,35)(H,32,36). The lowest BCUT2D eigenvalue weighted by Crippen LogP contribution is -2.27. The van der Waals surface area contributed by atoms with Crippen molar-refractivity contribution in [2.75, 3.05) is 12.8 Å². The van der Waals surface area contributed by atoms with Crippen LogP contribution < -0.4 is 21.5 Å². The van der Waals surface area contributed by atoms with E-state index in [1.165, 1.54) is 7.11 Å². The van der Waals surface area contributed by atoms with Gasteiger partial charge in [-0.05, 0) is 51.3 Å². The molecule has 1 aromatic heterocycles. The molecule has 0 radical (unpaired) electrons. The zero-order valence-corrected chi connectivity index (χ0v) is 22.7. The van der Waals surface area contributed by atoms with Crippen LogP contribution in [0.1, 0.15) is 72.4 Å². The third-order valence-corrected chi connectivity index (χ3v) is 6.81. The summed E-state index contributed by atoms with van der Waals surface area (Å²) in [4.78, 5) is 37.3. The van der Waals surface area contributed by atoms with Crippen molar-refractivity contribution in [3.8, 4) is 17.0 Å². The fourth-order valence-electron chi connectivity index (χ4n) is 4.64. The predicted molar refractivity (Wildman–Crippen MR) is 147 cm³/mol. The number of carbonyl (C=O) groups excluding carboxylic acids is 3. The lowest BCUT2D eigenvalue weighted by molar-refractivity contribution is -0.158. The second-order valence-electron chi connectivity index (χ2n) is 10.7. The number of aromatic nitrogens is 2. The number of ether oxygens (including phenoxy) is 2. The van der Waals surface area contributed by atoms with Gasteiger partial charge in [-0.2, -0.15) is 5.10 Å². The smallest absolute Gasteiger partial charge is 0.311 e. The number of primary amides is 1. The second kappa shape index (κ2) is 11.2. The van der Waals surface area contributed by atoms with Gasteiger partial charge in [-0.25, -0.2) is 4.68 Å². The molecular weight excluding hydrogens is 498 g/mol. The quantitative estimate of drug-likeness (QED) is 0.372. The van der Waals surface area contributed by atoms with E-state index in [1.807, 2.05) is 45.0 Å². The van der Waals surface area contributed by atoms with Gasteiger partial charge in [0.1, 0.15) is 28.9 Å². The number of benzene rings is 2. The molecule has 1 fully saturated rings. The lowest BCUT2D eigenvalue weighted by Gasteiger charge is -2.20. The molecule has 0 spiro atoms. The Morgan fingerprint density at radius 3 is 2.41 bits per heavy atom. The van der Waals surface area contributed by atoms with E-state index in [1.54, 1.807) is 28.9 Å². The van der Waals surface area contributed by atoms with Crippen molar-refractivity contribution in [3.05, 3.63) is 65.2 Å². The van der Waals surface area contributed by atoms with Crippen molar-refractivity contribution < 1.29 is 23.9 Å². The van der Waals surface area contributed by atoms with Crippen LogP contribution in [0.25, 0.3) is 11.3 Å². The van der Waals surface area contributed by atoms with E-state index in [0.29, 0.717) is 48.4 Å². The number of nitrogen functional groups attached to an aromatic ring is 1. The number of anilines is 1. The van der Waals surface area contributed by atoms with Crippen molar-refractivity contribution >= 4 is 23.6 Å². The predicted octanol–water partition coefficient (Wildman–Crippen LogP) is 3.85. The van der Waals surface area contributed by atoms with Crippen molar-refractivity contribution in [3.63, 3.8) is 0 Å². The maximum absolute atomic E-state index is 12.6. The SMILES string of the molecule is COc1ccccc1C(=O)NCc1ccc(-c2nn(C3CCC(OC(=O)C(C)(C)C)C3)c(N)c2C(N)=O)cc1. The Morgan fingerprint density at radius 2 is 1.77 bits per heavy atom. The number of rotatable bonds is 8. The molecule has 206 valence electrons. The Balaban J connectivity index is 1.48.